The van der Waals surface area contributed by atoms with Crippen molar-refractivity contribution in [1.82, 2.24) is 4.98 Å². The zero-order valence-electron chi connectivity index (χ0n) is 12.3. The van der Waals surface area contributed by atoms with Crippen LogP contribution in [0.1, 0.15) is 18.7 Å². The molecular weight excluding hydrogens is 278 g/mol. The molecule has 0 saturated heterocycles. The average Bonchev–Trinajstić information content (AvgIpc) is 3.01. The van der Waals surface area contributed by atoms with Crippen molar-refractivity contribution in [2.75, 3.05) is 17.6 Å². The summed E-state index contributed by atoms with van der Waals surface area (Å²) in [5.74, 6) is 0. The third-order valence-corrected chi connectivity index (χ3v) is 4.95. The number of nitrogens with zero attached hydrogens (tertiary/aromatic N) is 1. The summed E-state index contributed by atoms with van der Waals surface area (Å²) in [7, 11) is 0. The maximum atomic E-state index is 6.00. The smallest absolute Gasteiger partial charge is 0.0951 e. The second-order valence-corrected chi connectivity index (χ2v) is 6.76. The van der Waals surface area contributed by atoms with Crippen molar-refractivity contribution < 1.29 is 0 Å². The van der Waals surface area contributed by atoms with Gasteiger partial charge in [0.2, 0.25) is 0 Å². The Morgan fingerprint density at radius 1 is 1.19 bits per heavy atom. The Kier molecular flexibility index (Phi) is 3.55. The molecule has 0 spiro atoms. The normalized spacial score (nSPS) is 11.7. The summed E-state index contributed by atoms with van der Waals surface area (Å²) in [6, 6.07) is 12.2. The first-order chi connectivity index (χ1) is 10.1. The highest BCUT2D eigenvalue weighted by Crippen LogP contribution is 2.30. The Balaban J connectivity index is 1.88. The first-order valence-corrected chi connectivity index (χ1v) is 7.87. The van der Waals surface area contributed by atoms with Gasteiger partial charge in [-0.1, -0.05) is 32.0 Å². The van der Waals surface area contributed by atoms with Gasteiger partial charge in [0.25, 0.3) is 0 Å². The molecule has 2 heterocycles. The van der Waals surface area contributed by atoms with Crippen LogP contribution in [-0.4, -0.2) is 11.5 Å². The number of aromatic nitrogens is 1. The topological polar surface area (TPSA) is 50.9 Å². The standard InChI is InChI=1S/C17H19N3S/c1-17(2,15-7-4-10-21-15)11-20-14-8-9-19-16-12(14)5-3-6-13(16)18/h3-10H,11,18H2,1-2H3,(H,19,20). The minimum atomic E-state index is 0.0874. The maximum Gasteiger partial charge on any atom is 0.0951 e. The molecule has 4 heteroatoms. The summed E-state index contributed by atoms with van der Waals surface area (Å²) in [6.45, 7) is 5.37. The molecule has 0 fully saturated rings. The van der Waals surface area contributed by atoms with Crippen molar-refractivity contribution in [2.24, 2.45) is 0 Å². The van der Waals surface area contributed by atoms with Gasteiger partial charge in [-0.2, -0.15) is 0 Å². The number of para-hydroxylation sites is 1. The summed E-state index contributed by atoms with van der Waals surface area (Å²) in [5.41, 5.74) is 8.74. The highest BCUT2D eigenvalue weighted by Gasteiger charge is 2.21. The van der Waals surface area contributed by atoms with E-state index >= 15 is 0 Å². The van der Waals surface area contributed by atoms with Gasteiger partial charge < -0.3 is 11.1 Å². The molecule has 108 valence electrons. The molecule has 0 radical (unpaired) electrons. The molecular formula is C17H19N3S. The number of nitrogen functional groups attached to an aromatic ring is 1. The number of nitrogens with one attached hydrogen (secondary N) is 1. The molecule has 3 N–H and O–H groups in total. The number of hydrogen-bond donors (Lipinski definition) is 2. The van der Waals surface area contributed by atoms with Crippen LogP contribution < -0.4 is 11.1 Å². The van der Waals surface area contributed by atoms with Crippen molar-refractivity contribution in [3.05, 3.63) is 52.9 Å². The lowest BCUT2D eigenvalue weighted by Gasteiger charge is -2.24. The Labute approximate surface area is 128 Å². The van der Waals surface area contributed by atoms with Crippen LogP contribution >= 0.6 is 11.3 Å². The van der Waals surface area contributed by atoms with Crippen molar-refractivity contribution in [3.63, 3.8) is 0 Å². The van der Waals surface area contributed by atoms with Crippen LogP contribution in [-0.2, 0) is 5.41 Å². The molecule has 21 heavy (non-hydrogen) atoms. The van der Waals surface area contributed by atoms with Gasteiger partial charge in [-0.05, 0) is 23.6 Å². The van der Waals surface area contributed by atoms with Crippen molar-refractivity contribution in [3.8, 4) is 0 Å². The molecule has 3 rings (SSSR count). The van der Waals surface area contributed by atoms with Gasteiger partial charge in [0.05, 0.1) is 11.2 Å². The second kappa shape index (κ2) is 5.37. The van der Waals surface area contributed by atoms with Crippen molar-refractivity contribution in [2.45, 2.75) is 19.3 Å². The SMILES string of the molecule is CC(C)(CNc1ccnc2c(N)cccc12)c1cccs1. The molecule has 0 aliphatic rings. The highest BCUT2D eigenvalue weighted by molar-refractivity contribution is 7.10. The summed E-state index contributed by atoms with van der Waals surface area (Å²) >= 11 is 1.80. The number of anilines is 2. The average molecular weight is 297 g/mol. The molecule has 2 aromatic heterocycles. The monoisotopic (exact) mass is 297 g/mol. The summed E-state index contributed by atoms with van der Waals surface area (Å²) in [6.07, 6.45) is 1.80. The van der Waals surface area contributed by atoms with Crippen LogP contribution in [0.4, 0.5) is 11.4 Å². The number of hydrogen-bond acceptors (Lipinski definition) is 4. The van der Waals surface area contributed by atoms with E-state index in [1.165, 1.54) is 4.88 Å². The van der Waals surface area contributed by atoms with E-state index in [0.29, 0.717) is 5.69 Å². The molecule has 0 saturated carbocycles. The number of fused-ring (bicyclic) bond motifs is 1. The highest BCUT2D eigenvalue weighted by atomic mass is 32.1. The van der Waals surface area contributed by atoms with Gasteiger partial charge in [-0.25, -0.2) is 0 Å². The number of benzene rings is 1. The lowest BCUT2D eigenvalue weighted by atomic mass is 9.91. The Bertz CT molecular complexity index is 748. The molecule has 0 aliphatic carbocycles. The van der Waals surface area contributed by atoms with Crippen LogP contribution in [0, 0.1) is 0 Å². The predicted octanol–water partition coefficient (Wildman–Crippen LogP) is 4.27. The van der Waals surface area contributed by atoms with E-state index in [0.717, 1.165) is 23.1 Å². The first-order valence-electron chi connectivity index (χ1n) is 6.99. The maximum absolute atomic E-state index is 6.00. The zero-order chi connectivity index (χ0) is 14.9. The van der Waals surface area contributed by atoms with Crippen LogP contribution in [0.5, 0.6) is 0 Å². The minimum absolute atomic E-state index is 0.0874. The molecule has 0 atom stereocenters. The fraction of sp³-hybridized carbons (Fsp3) is 0.235. The molecule has 3 aromatic rings. The summed E-state index contributed by atoms with van der Waals surface area (Å²) in [5, 5.41) is 6.75. The van der Waals surface area contributed by atoms with E-state index in [4.69, 9.17) is 5.73 Å². The number of rotatable bonds is 4. The molecule has 0 amide bonds. The van der Waals surface area contributed by atoms with Crippen molar-refractivity contribution in [1.29, 1.82) is 0 Å². The van der Waals surface area contributed by atoms with Crippen LogP contribution in [0.2, 0.25) is 0 Å². The van der Waals surface area contributed by atoms with Gasteiger partial charge >= 0.3 is 0 Å². The molecule has 3 nitrogen and oxygen atoms in total. The molecule has 0 bridgehead atoms. The van der Waals surface area contributed by atoms with Crippen LogP contribution in [0.15, 0.2) is 48.0 Å². The van der Waals surface area contributed by atoms with Crippen LogP contribution in [0.3, 0.4) is 0 Å². The van der Waals surface area contributed by atoms with Gasteiger partial charge in [0.15, 0.2) is 0 Å². The molecule has 0 unspecified atom stereocenters. The minimum Gasteiger partial charge on any atom is -0.397 e. The molecule has 0 aliphatic heterocycles. The Morgan fingerprint density at radius 2 is 2.05 bits per heavy atom. The molecule has 1 aromatic carbocycles. The Morgan fingerprint density at radius 3 is 2.81 bits per heavy atom. The van der Waals surface area contributed by atoms with E-state index < -0.39 is 0 Å². The van der Waals surface area contributed by atoms with Crippen molar-refractivity contribution >= 4 is 33.6 Å². The van der Waals surface area contributed by atoms with Gasteiger partial charge in [-0.15, -0.1) is 11.3 Å². The summed E-state index contributed by atoms with van der Waals surface area (Å²) < 4.78 is 0. The number of thiophene rings is 1. The first kappa shape index (κ1) is 13.9. The Hall–Kier alpha value is -2.07. The fourth-order valence-corrected chi connectivity index (χ4v) is 3.27. The summed E-state index contributed by atoms with van der Waals surface area (Å²) in [4.78, 5) is 5.76. The predicted molar refractivity (Wildman–Crippen MR) is 92.0 cm³/mol. The second-order valence-electron chi connectivity index (χ2n) is 5.82. The lowest BCUT2D eigenvalue weighted by Crippen LogP contribution is -2.26. The van der Waals surface area contributed by atoms with E-state index in [9.17, 15) is 0 Å². The van der Waals surface area contributed by atoms with Gasteiger partial charge in [-0.3, -0.25) is 4.98 Å². The fourth-order valence-electron chi connectivity index (χ4n) is 2.42. The third kappa shape index (κ3) is 2.72. The number of pyridine rings is 1. The largest absolute Gasteiger partial charge is 0.397 e. The van der Waals surface area contributed by atoms with E-state index in [2.05, 4.69) is 47.7 Å². The van der Waals surface area contributed by atoms with E-state index in [1.54, 1.807) is 17.5 Å². The lowest BCUT2D eigenvalue weighted by molar-refractivity contribution is 0.569. The van der Waals surface area contributed by atoms with E-state index in [1.807, 2.05) is 18.2 Å². The van der Waals surface area contributed by atoms with Gasteiger partial charge in [0.1, 0.15) is 0 Å². The van der Waals surface area contributed by atoms with Crippen LogP contribution in [0.25, 0.3) is 10.9 Å². The number of nitrogens with two attached hydrogens (primary N) is 1. The van der Waals surface area contributed by atoms with Gasteiger partial charge in [0, 0.05) is 34.1 Å². The zero-order valence-corrected chi connectivity index (χ0v) is 13.1. The van der Waals surface area contributed by atoms with E-state index in [-0.39, 0.29) is 5.41 Å². The third-order valence-electron chi connectivity index (χ3n) is 3.71. The quantitative estimate of drug-likeness (QED) is 0.707.